The molecule has 1 aliphatic rings. The van der Waals surface area contributed by atoms with Crippen LogP contribution in [0.25, 0.3) is 0 Å². The number of halogens is 1. The highest BCUT2D eigenvalue weighted by atomic mass is 19.1. The van der Waals surface area contributed by atoms with Crippen LogP contribution in [-0.4, -0.2) is 64.1 Å². The number of carbonyl (C=O) groups excluding carboxylic acids is 2. The molecule has 0 radical (unpaired) electrons. The summed E-state index contributed by atoms with van der Waals surface area (Å²) >= 11 is 0. The summed E-state index contributed by atoms with van der Waals surface area (Å²) in [5.41, 5.74) is 4.25. The fourth-order valence-corrected chi connectivity index (χ4v) is 4.26. The largest absolute Gasteiger partial charge is 0.351 e. The Kier molecular flexibility index (Phi) is 7.37. The van der Waals surface area contributed by atoms with Gasteiger partial charge in [0.2, 0.25) is 5.91 Å². The molecule has 3 aromatic rings. The summed E-state index contributed by atoms with van der Waals surface area (Å²) in [6, 6.07) is 16.2. The fraction of sp³-hybridized carbons (Fsp3) is 0.346. The van der Waals surface area contributed by atoms with Crippen molar-refractivity contribution in [3.63, 3.8) is 0 Å². The predicted octanol–water partition coefficient (Wildman–Crippen LogP) is 2.76. The molecule has 2 amide bonds. The zero-order valence-corrected chi connectivity index (χ0v) is 19.6. The molecule has 1 aliphatic heterocycles. The number of amides is 2. The lowest BCUT2D eigenvalue weighted by Gasteiger charge is -2.34. The lowest BCUT2D eigenvalue weighted by Crippen LogP contribution is -2.51. The summed E-state index contributed by atoms with van der Waals surface area (Å²) in [6.45, 7) is 7.43. The Morgan fingerprint density at radius 2 is 1.65 bits per heavy atom. The number of hydrogen-bond donors (Lipinski definition) is 1. The summed E-state index contributed by atoms with van der Waals surface area (Å²) in [5, 5.41) is 7.65. The van der Waals surface area contributed by atoms with Gasteiger partial charge in [0.1, 0.15) is 5.82 Å². The highest BCUT2D eigenvalue weighted by Crippen LogP contribution is 2.15. The van der Waals surface area contributed by atoms with Gasteiger partial charge >= 0.3 is 0 Å². The summed E-state index contributed by atoms with van der Waals surface area (Å²) < 4.78 is 15.9. The van der Waals surface area contributed by atoms with Gasteiger partial charge in [-0.2, -0.15) is 5.10 Å². The van der Waals surface area contributed by atoms with Crippen LogP contribution in [0, 0.1) is 19.7 Å². The Morgan fingerprint density at radius 3 is 2.35 bits per heavy atom. The number of piperazine rings is 1. The molecule has 2 aromatic carbocycles. The first-order valence-corrected chi connectivity index (χ1v) is 11.5. The van der Waals surface area contributed by atoms with Gasteiger partial charge < -0.3 is 10.2 Å². The molecule has 1 N–H and O–H groups in total. The Morgan fingerprint density at radius 1 is 0.971 bits per heavy atom. The molecule has 2 heterocycles. The zero-order valence-electron chi connectivity index (χ0n) is 19.6. The van der Waals surface area contributed by atoms with Gasteiger partial charge in [-0.15, -0.1) is 0 Å². The Labute approximate surface area is 199 Å². The van der Waals surface area contributed by atoms with E-state index in [0.29, 0.717) is 39.3 Å². The minimum atomic E-state index is -0.507. The van der Waals surface area contributed by atoms with E-state index >= 15 is 0 Å². The van der Waals surface area contributed by atoms with Crippen molar-refractivity contribution in [2.24, 2.45) is 0 Å². The maximum atomic E-state index is 13.9. The standard InChI is InChI=1S/C26H30FN5O2/c1-19-23(20(2)32(29-19)17-21-8-4-3-5-9-21)16-28-25(33)18-30-12-14-31(15-13-30)26(34)22-10-6-7-11-24(22)27/h3-11H,12-18H2,1-2H3,(H,28,33). The molecule has 0 unspecified atom stereocenters. The topological polar surface area (TPSA) is 70.5 Å². The first-order valence-electron chi connectivity index (χ1n) is 11.5. The molecule has 0 atom stereocenters. The molecule has 1 aromatic heterocycles. The smallest absolute Gasteiger partial charge is 0.256 e. The van der Waals surface area contributed by atoms with Gasteiger partial charge in [0.25, 0.3) is 5.91 Å². The maximum Gasteiger partial charge on any atom is 0.256 e. The molecular formula is C26H30FN5O2. The molecule has 4 rings (SSSR count). The molecule has 34 heavy (non-hydrogen) atoms. The van der Waals surface area contributed by atoms with E-state index in [0.717, 1.165) is 17.0 Å². The van der Waals surface area contributed by atoms with E-state index < -0.39 is 5.82 Å². The number of aryl methyl sites for hydroxylation is 1. The van der Waals surface area contributed by atoms with Crippen LogP contribution in [0.3, 0.4) is 0 Å². The monoisotopic (exact) mass is 463 g/mol. The molecule has 1 saturated heterocycles. The van der Waals surface area contributed by atoms with Crippen LogP contribution in [0.15, 0.2) is 54.6 Å². The maximum absolute atomic E-state index is 13.9. The Balaban J connectivity index is 1.26. The number of nitrogens with zero attached hydrogens (tertiary/aromatic N) is 4. The van der Waals surface area contributed by atoms with Gasteiger partial charge in [-0.1, -0.05) is 42.5 Å². The van der Waals surface area contributed by atoms with Gasteiger partial charge in [0.05, 0.1) is 24.3 Å². The summed E-state index contributed by atoms with van der Waals surface area (Å²) in [5.74, 6) is -0.879. The van der Waals surface area contributed by atoms with Crippen LogP contribution in [0.1, 0.15) is 32.9 Å². The van der Waals surface area contributed by atoms with Crippen molar-refractivity contribution in [3.8, 4) is 0 Å². The Bertz CT molecular complexity index is 1150. The summed E-state index contributed by atoms with van der Waals surface area (Å²) in [7, 11) is 0. The average Bonchev–Trinajstić information content (AvgIpc) is 3.10. The number of rotatable bonds is 7. The molecule has 0 spiro atoms. The third-order valence-electron chi connectivity index (χ3n) is 6.30. The number of carbonyl (C=O) groups is 2. The van der Waals surface area contributed by atoms with Gasteiger partial charge in [0, 0.05) is 44.0 Å². The SMILES string of the molecule is Cc1nn(Cc2ccccc2)c(C)c1CNC(=O)CN1CCN(C(=O)c2ccccc2F)CC1. The van der Waals surface area contributed by atoms with Crippen molar-refractivity contribution in [2.75, 3.05) is 32.7 Å². The molecule has 1 fully saturated rings. The van der Waals surface area contributed by atoms with Gasteiger partial charge in [0.15, 0.2) is 0 Å². The molecular weight excluding hydrogens is 433 g/mol. The second kappa shape index (κ2) is 10.6. The molecule has 0 saturated carbocycles. The molecule has 0 aliphatic carbocycles. The van der Waals surface area contributed by atoms with Crippen molar-refractivity contribution in [2.45, 2.75) is 26.9 Å². The van der Waals surface area contributed by atoms with E-state index in [1.165, 1.54) is 17.7 Å². The lowest BCUT2D eigenvalue weighted by atomic mass is 10.1. The summed E-state index contributed by atoms with van der Waals surface area (Å²) in [6.07, 6.45) is 0. The van der Waals surface area contributed by atoms with Crippen LogP contribution in [0.4, 0.5) is 4.39 Å². The van der Waals surface area contributed by atoms with E-state index in [9.17, 15) is 14.0 Å². The fourth-order valence-electron chi connectivity index (χ4n) is 4.26. The second-order valence-corrected chi connectivity index (χ2v) is 8.62. The average molecular weight is 464 g/mol. The van der Waals surface area contributed by atoms with E-state index in [1.807, 2.05) is 41.6 Å². The lowest BCUT2D eigenvalue weighted by molar-refractivity contribution is -0.122. The number of aromatic nitrogens is 2. The third kappa shape index (κ3) is 5.51. The molecule has 178 valence electrons. The molecule has 8 heteroatoms. The minimum Gasteiger partial charge on any atom is -0.351 e. The van der Waals surface area contributed by atoms with Crippen molar-refractivity contribution in [1.82, 2.24) is 24.9 Å². The van der Waals surface area contributed by atoms with Gasteiger partial charge in [-0.25, -0.2) is 4.39 Å². The first-order chi connectivity index (χ1) is 16.4. The van der Waals surface area contributed by atoms with Crippen molar-refractivity contribution in [1.29, 1.82) is 0 Å². The third-order valence-corrected chi connectivity index (χ3v) is 6.30. The molecule has 0 bridgehead atoms. The van der Waals surface area contributed by atoms with Crippen LogP contribution in [-0.2, 0) is 17.9 Å². The number of benzene rings is 2. The highest BCUT2D eigenvalue weighted by molar-refractivity contribution is 5.94. The highest BCUT2D eigenvalue weighted by Gasteiger charge is 2.25. The van der Waals surface area contributed by atoms with Crippen molar-refractivity contribution < 1.29 is 14.0 Å². The van der Waals surface area contributed by atoms with Crippen LogP contribution in [0.2, 0.25) is 0 Å². The van der Waals surface area contributed by atoms with E-state index in [2.05, 4.69) is 22.5 Å². The number of hydrogen-bond acceptors (Lipinski definition) is 4. The first kappa shape index (κ1) is 23.6. The molecule has 7 nitrogen and oxygen atoms in total. The van der Waals surface area contributed by atoms with E-state index in [4.69, 9.17) is 0 Å². The normalized spacial score (nSPS) is 14.3. The van der Waals surface area contributed by atoms with Crippen LogP contribution in [0.5, 0.6) is 0 Å². The van der Waals surface area contributed by atoms with Crippen molar-refractivity contribution >= 4 is 11.8 Å². The van der Waals surface area contributed by atoms with Gasteiger partial charge in [-0.05, 0) is 31.5 Å². The van der Waals surface area contributed by atoms with Crippen LogP contribution >= 0.6 is 0 Å². The zero-order chi connectivity index (χ0) is 24.1. The van der Waals surface area contributed by atoms with Crippen molar-refractivity contribution in [3.05, 3.63) is 88.5 Å². The Hall–Kier alpha value is -3.52. The quantitative estimate of drug-likeness (QED) is 0.585. The summed E-state index contributed by atoms with van der Waals surface area (Å²) in [4.78, 5) is 28.8. The van der Waals surface area contributed by atoms with E-state index in [1.54, 1.807) is 17.0 Å². The van der Waals surface area contributed by atoms with Gasteiger partial charge in [-0.3, -0.25) is 19.2 Å². The van der Waals surface area contributed by atoms with Crippen LogP contribution < -0.4 is 5.32 Å². The van der Waals surface area contributed by atoms with E-state index in [-0.39, 0.29) is 23.9 Å². The minimum absolute atomic E-state index is 0.0662. The predicted molar refractivity (Wildman–Crippen MR) is 128 cm³/mol. The second-order valence-electron chi connectivity index (χ2n) is 8.62. The number of nitrogens with one attached hydrogen (secondary N) is 1.